The van der Waals surface area contributed by atoms with Gasteiger partial charge in [-0.25, -0.2) is 9.18 Å². The Morgan fingerprint density at radius 2 is 1.96 bits per heavy atom. The second-order valence-electron chi connectivity index (χ2n) is 7.61. The van der Waals surface area contributed by atoms with Crippen LogP contribution in [0.1, 0.15) is 58.4 Å². The predicted molar refractivity (Wildman–Crippen MR) is 96.9 cm³/mol. The smallest absolute Gasteiger partial charge is 0.410 e. The molecule has 1 fully saturated rings. The lowest BCUT2D eigenvalue weighted by Gasteiger charge is -2.35. The fourth-order valence-corrected chi connectivity index (χ4v) is 2.92. The van der Waals surface area contributed by atoms with E-state index in [0.29, 0.717) is 19.6 Å². The van der Waals surface area contributed by atoms with Crippen molar-refractivity contribution >= 4 is 6.09 Å². The highest BCUT2D eigenvalue weighted by molar-refractivity contribution is 5.68. The second-order valence-corrected chi connectivity index (χ2v) is 7.61. The van der Waals surface area contributed by atoms with Crippen molar-refractivity contribution in [1.82, 2.24) is 4.90 Å². The number of halogens is 1. The molecule has 4 nitrogen and oxygen atoms in total. The molecule has 5 heteroatoms. The van der Waals surface area contributed by atoms with Gasteiger partial charge in [-0.05, 0) is 51.3 Å². The van der Waals surface area contributed by atoms with E-state index in [-0.39, 0.29) is 12.5 Å². The Labute approximate surface area is 150 Å². The van der Waals surface area contributed by atoms with Crippen molar-refractivity contribution in [2.24, 2.45) is 0 Å². The molecule has 2 rings (SSSR count). The summed E-state index contributed by atoms with van der Waals surface area (Å²) in [6.45, 7) is 8.86. The Hall–Kier alpha value is -1.78. The van der Waals surface area contributed by atoms with Crippen LogP contribution in [0, 0.1) is 0 Å². The molecule has 1 saturated heterocycles. The van der Waals surface area contributed by atoms with Crippen molar-refractivity contribution in [2.75, 3.05) is 19.7 Å². The van der Waals surface area contributed by atoms with Gasteiger partial charge in [0.05, 0.1) is 13.2 Å². The largest absolute Gasteiger partial charge is 0.494 e. The SMILES string of the molecule is CCCCOc1ccc([C@H]2CCN(C(=O)OC(C)(C)C)C[C@H]2F)cc1. The number of carbonyl (C=O) groups is 1. The van der Waals surface area contributed by atoms with Crippen LogP contribution in [0.5, 0.6) is 5.75 Å². The first kappa shape index (κ1) is 19.5. The van der Waals surface area contributed by atoms with Crippen LogP contribution in [0.25, 0.3) is 0 Å². The number of likely N-dealkylation sites (tertiary alicyclic amines) is 1. The highest BCUT2D eigenvalue weighted by atomic mass is 19.1. The lowest BCUT2D eigenvalue weighted by Crippen LogP contribution is -2.46. The molecule has 0 N–H and O–H groups in total. The van der Waals surface area contributed by atoms with Crippen molar-refractivity contribution in [3.05, 3.63) is 29.8 Å². The van der Waals surface area contributed by atoms with Gasteiger partial charge in [-0.3, -0.25) is 0 Å². The summed E-state index contributed by atoms with van der Waals surface area (Å²) >= 11 is 0. The van der Waals surface area contributed by atoms with Crippen LogP contribution in [0.3, 0.4) is 0 Å². The number of ether oxygens (including phenoxy) is 2. The van der Waals surface area contributed by atoms with Gasteiger partial charge in [0.15, 0.2) is 0 Å². The fraction of sp³-hybridized carbons (Fsp3) is 0.650. The molecule has 1 aliphatic heterocycles. The maximum absolute atomic E-state index is 14.6. The molecule has 0 aliphatic carbocycles. The zero-order valence-corrected chi connectivity index (χ0v) is 15.8. The summed E-state index contributed by atoms with van der Waals surface area (Å²) in [6, 6.07) is 7.67. The number of nitrogens with zero attached hydrogens (tertiary/aromatic N) is 1. The van der Waals surface area contributed by atoms with E-state index in [1.165, 1.54) is 4.90 Å². The Kier molecular flexibility index (Phi) is 6.68. The lowest BCUT2D eigenvalue weighted by atomic mass is 9.88. The van der Waals surface area contributed by atoms with Gasteiger partial charge in [0.1, 0.15) is 17.5 Å². The van der Waals surface area contributed by atoms with Gasteiger partial charge in [-0.1, -0.05) is 25.5 Å². The Bertz CT molecular complexity index is 553. The third-order valence-electron chi connectivity index (χ3n) is 4.27. The number of alkyl halides is 1. The third kappa shape index (κ3) is 5.91. The molecule has 1 aromatic carbocycles. The number of benzene rings is 1. The van der Waals surface area contributed by atoms with Crippen LogP contribution in [-0.4, -0.2) is 42.5 Å². The van der Waals surface area contributed by atoms with Crippen molar-refractivity contribution in [3.63, 3.8) is 0 Å². The predicted octanol–water partition coefficient (Wildman–Crippen LogP) is 4.93. The number of hydrogen-bond acceptors (Lipinski definition) is 3. The molecule has 1 aliphatic rings. The maximum atomic E-state index is 14.6. The van der Waals surface area contributed by atoms with Crippen LogP contribution in [0.15, 0.2) is 24.3 Å². The maximum Gasteiger partial charge on any atom is 0.410 e. The first-order valence-corrected chi connectivity index (χ1v) is 9.15. The monoisotopic (exact) mass is 351 g/mol. The molecular formula is C20H30FNO3. The first-order valence-electron chi connectivity index (χ1n) is 9.15. The first-order chi connectivity index (χ1) is 11.8. The van der Waals surface area contributed by atoms with Crippen LogP contribution < -0.4 is 4.74 Å². The van der Waals surface area contributed by atoms with Gasteiger partial charge in [0.25, 0.3) is 0 Å². The second kappa shape index (κ2) is 8.54. The zero-order chi connectivity index (χ0) is 18.4. The van der Waals surface area contributed by atoms with Crippen LogP contribution in [0.4, 0.5) is 9.18 Å². The number of unbranched alkanes of at least 4 members (excludes halogenated alkanes) is 1. The summed E-state index contributed by atoms with van der Waals surface area (Å²) in [7, 11) is 0. The molecule has 1 amide bonds. The molecule has 0 saturated carbocycles. The molecule has 0 radical (unpaired) electrons. The minimum atomic E-state index is -1.09. The normalized spacial score (nSPS) is 21.1. The molecule has 0 unspecified atom stereocenters. The fourth-order valence-electron chi connectivity index (χ4n) is 2.92. The quantitative estimate of drug-likeness (QED) is 0.706. The highest BCUT2D eigenvalue weighted by Gasteiger charge is 2.34. The number of carbonyl (C=O) groups excluding carboxylic acids is 1. The molecular weight excluding hydrogens is 321 g/mol. The van der Waals surface area contributed by atoms with Crippen LogP contribution in [0.2, 0.25) is 0 Å². The van der Waals surface area contributed by atoms with Crippen LogP contribution in [-0.2, 0) is 4.74 Å². The Morgan fingerprint density at radius 1 is 1.28 bits per heavy atom. The van der Waals surface area contributed by atoms with E-state index < -0.39 is 17.9 Å². The van der Waals surface area contributed by atoms with Crippen molar-refractivity contribution in [2.45, 2.75) is 64.6 Å². The molecule has 1 heterocycles. The van der Waals surface area contributed by atoms with Crippen molar-refractivity contribution in [3.8, 4) is 5.75 Å². The van der Waals surface area contributed by atoms with E-state index in [9.17, 15) is 9.18 Å². The summed E-state index contributed by atoms with van der Waals surface area (Å²) in [5.41, 5.74) is 0.395. The Balaban J connectivity index is 1.91. The summed E-state index contributed by atoms with van der Waals surface area (Å²) in [5.74, 6) is 0.627. The van der Waals surface area contributed by atoms with Gasteiger partial charge in [-0.2, -0.15) is 0 Å². The Morgan fingerprint density at radius 3 is 2.52 bits per heavy atom. The number of rotatable bonds is 5. The summed E-state index contributed by atoms with van der Waals surface area (Å²) in [4.78, 5) is 13.6. The minimum Gasteiger partial charge on any atom is -0.494 e. The van der Waals surface area contributed by atoms with E-state index in [4.69, 9.17) is 9.47 Å². The molecule has 25 heavy (non-hydrogen) atoms. The molecule has 0 aromatic heterocycles. The average molecular weight is 351 g/mol. The van der Waals surface area contributed by atoms with E-state index in [2.05, 4.69) is 6.92 Å². The summed E-state index contributed by atoms with van der Waals surface area (Å²) in [5, 5.41) is 0. The molecule has 0 bridgehead atoms. The van der Waals surface area contributed by atoms with Gasteiger partial charge in [-0.15, -0.1) is 0 Å². The van der Waals surface area contributed by atoms with E-state index in [1.54, 1.807) is 0 Å². The number of amides is 1. The third-order valence-corrected chi connectivity index (χ3v) is 4.27. The van der Waals surface area contributed by atoms with E-state index >= 15 is 0 Å². The van der Waals surface area contributed by atoms with E-state index in [0.717, 1.165) is 24.2 Å². The highest BCUT2D eigenvalue weighted by Crippen LogP contribution is 2.32. The van der Waals surface area contributed by atoms with Gasteiger partial charge >= 0.3 is 6.09 Å². The summed E-state index contributed by atoms with van der Waals surface area (Å²) < 4.78 is 25.6. The van der Waals surface area contributed by atoms with Crippen LogP contribution >= 0.6 is 0 Å². The average Bonchev–Trinajstić information content (AvgIpc) is 2.54. The van der Waals surface area contributed by atoms with Gasteiger partial charge in [0.2, 0.25) is 0 Å². The lowest BCUT2D eigenvalue weighted by molar-refractivity contribution is 0.0111. The topological polar surface area (TPSA) is 38.8 Å². The van der Waals surface area contributed by atoms with Gasteiger partial charge < -0.3 is 14.4 Å². The minimum absolute atomic E-state index is 0.0777. The molecule has 2 atom stereocenters. The molecule has 1 aromatic rings. The standard InChI is InChI=1S/C20H30FNO3/c1-5-6-13-24-16-9-7-15(8-10-16)17-11-12-22(14-18(17)21)19(23)25-20(2,3)4/h7-10,17-18H,5-6,11-14H2,1-4H3/t17-,18-/m1/s1. The van der Waals surface area contributed by atoms with Crippen molar-refractivity contribution < 1.29 is 18.7 Å². The number of hydrogen-bond donors (Lipinski definition) is 0. The summed E-state index contributed by atoms with van der Waals surface area (Å²) in [6.07, 6.45) is 1.19. The van der Waals surface area contributed by atoms with Gasteiger partial charge in [0, 0.05) is 12.5 Å². The number of piperidine rings is 1. The molecule has 0 spiro atoms. The molecule has 140 valence electrons. The van der Waals surface area contributed by atoms with Crippen molar-refractivity contribution in [1.29, 1.82) is 0 Å². The van der Waals surface area contributed by atoms with E-state index in [1.807, 2.05) is 45.0 Å². The zero-order valence-electron chi connectivity index (χ0n) is 15.8.